The molecule has 0 aliphatic rings. The van der Waals surface area contributed by atoms with Crippen molar-refractivity contribution in [2.75, 3.05) is 39.4 Å². The van der Waals surface area contributed by atoms with Gasteiger partial charge in [0.05, 0.1) is 0 Å². The summed E-state index contributed by atoms with van der Waals surface area (Å²) in [4.78, 5) is 27.2. The van der Waals surface area contributed by atoms with Crippen LogP contribution in [0.4, 0.5) is 9.59 Å². The second-order valence-corrected chi connectivity index (χ2v) is 6.01. The molecule has 0 aromatic heterocycles. The molecule has 0 N–H and O–H groups in total. The van der Waals surface area contributed by atoms with Crippen LogP contribution in [0.3, 0.4) is 0 Å². The molecule has 0 spiro atoms. The standard InChI is InChI=1S/C17H34N2O4/c1-7-12-17(6,13-22-15(20)18(8-2)9-3)14-23-16(21)19(10-4)11-5/h7-14H2,1-6H3. The Balaban J connectivity index is 4.61. The molecule has 6 nitrogen and oxygen atoms in total. The van der Waals surface area contributed by atoms with E-state index in [1.807, 2.05) is 34.6 Å². The molecule has 6 heteroatoms. The number of amides is 2. The van der Waals surface area contributed by atoms with Gasteiger partial charge in [-0.15, -0.1) is 0 Å². The molecule has 0 radical (unpaired) electrons. The summed E-state index contributed by atoms with van der Waals surface area (Å²) in [5.74, 6) is 0. The fourth-order valence-electron chi connectivity index (χ4n) is 2.41. The molecule has 0 aromatic carbocycles. The average molecular weight is 330 g/mol. The number of carbonyl (C=O) groups is 2. The number of ether oxygens (including phenoxy) is 2. The third-order valence-electron chi connectivity index (χ3n) is 3.99. The first-order valence-corrected chi connectivity index (χ1v) is 8.70. The lowest BCUT2D eigenvalue weighted by molar-refractivity contribution is 0.0113. The van der Waals surface area contributed by atoms with Crippen LogP contribution in [0, 0.1) is 5.41 Å². The van der Waals surface area contributed by atoms with Crippen molar-refractivity contribution < 1.29 is 19.1 Å². The Bertz CT molecular complexity index is 325. The molecule has 0 atom stereocenters. The highest BCUT2D eigenvalue weighted by Crippen LogP contribution is 2.25. The van der Waals surface area contributed by atoms with Crippen LogP contribution in [0.15, 0.2) is 0 Å². The monoisotopic (exact) mass is 330 g/mol. The summed E-state index contributed by atoms with van der Waals surface area (Å²) >= 11 is 0. The van der Waals surface area contributed by atoms with Crippen LogP contribution >= 0.6 is 0 Å². The van der Waals surface area contributed by atoms with Crippen LogP contribution in [0.25, 0.3) is 0 Å². The van der Waals surface area contributed by atoms with Gasteiger partial charge < -0.3 is 19.3 Å². The molecule has 0 bridgehead atoms. The lowest BCUT2D eigenvalue weighted by Gasteiger charge is -2.30. The summed E-state index contributed by atoms with van der Waals surface area (Å²) in [6.07, 6.45) is 1.13. The van der Waals surface area contributed by atoms with E-state index in [1.54, 1.807) is 9.80 Å². The van der Waals surface area contributed by atoms with Gasteiger partial charge in [-0.2, -0.15) is 0 Å². The SMILES string of the molecule is CCCC(C)(COC(=O)N(CC)CC)COC(=O)N(CC)CC. The predicted molar refractivity (Wildman–Crippen MR) is 91.6 cm³/mol. The van der Waals surface area contributed by atoms with Gasteiger partial charge in [-0.1, -0.05) is 20.3 Å². The van der Waals surface area contributed by atoms with Gasteiger partial charge in [-0.25, -0.2) is 9.59 Å². The minimum absolute atomic E-state index is 0.252. The summed E-state index contributed by atoms with van der Waals surface area (Å²) in [5, 5.41) is 0. The quantitative estimate of drug-likeness (QED) is 0.612. The average Bonchev–Trinajstić information content (AvgIpc) is 2.54. The van der Waals surface area contributed by atoms with E-state index in [-0.39, 0.29) is 30.8 Å². The van der Waals surface area contributed by atoms with Crippen LogP contribution in [-0.4, -0.2) is 61.4 Å². The molecule has 136 valence electrons. The molecule has 0 rings (SSSR count). The smallest absolute Gasteiger partial charge is 0.409 e. The Hall–Kier alpha value is -1.46. The van der Waals surface area contributed by atoms with Crippen molar-refractivity contribution in [3.05, 3.63) is 0 Å². The van der Waals surface area contributed by atoms with Gasteiger partial charge in [-0.3, -0.25) is 0 Å². The fourth-order valence-corrected chi connectivity index (χ4v) is 2.41. The lowest BCUT2D eigenvalue weighted by Crippen LogP contribution is -2.38. The Morgan fingerprint density at radius 2 is 1.13 bits per heavy atom. The first-order valence-electron chi connectivity index (χ1n) is 8.70. The van der Waals surface area contributed by atoms with Crippen molar-refractivity contribution in [3.63, 3.8) is 0 Å². The van der Waals surface area contributed by atoms with Gasteiger partial charge in [-0.05, 0) is 34.1 Å². The molecule has 0 aliphatic heterocycles. The van der Waals surface area contributed by atoms with Gasteiger partial charge in [0.1, 0.15) is 13.2 Å². The summed E-state index contributed by atoms with van der Waals surface area (Å²) in [6, 6.07) is 0. The first kappa shape index (κ1) is 21.5. The topological polar surface area (TPSA) is 59.1 Å². The maximum Gasteiger partial charge on any atom is 0.409 e. The van der Waals surface area contributed by atoms with E-state index in [2.05, 4.69) is 6.92 Å². The molecular weight excluding hydrogens is 296 g/mol. The van der Waals surface area contributed by atoms with Crippen molar-refractivity contribution in [2.45, 2.75) is 54.4 Å². The Labute approximate surface area is 141 Å². The van der Waals surface area contributed by atoms with Gasteiger partial charge in [0.2, 0.25) is 0 Å². The zero-order chi connectivity index (χ0) is 17.9. The van der Waals surface area contributed by atoms with E-state index in [4.69, 9.17) is 9.47 Å². The van der Waals surface area contributed by atoms with E-state index < -0.39 is 0 Å². The maximum absolute atomic E-state index is 12.0. The van der Waals surface area contributed by atoms with Gasteiger partial charge in [0.15, 0.2) is 0 Å². The number of hydrogen-bond donors (Lipinski definition) is 0. The van der Waals surface area contributed by atoms with Gasteiger partial charge in [0.25, 0.3) is 0 Å². The Morgan fingerprint density at radius 3 is 1.39 bits per heavy atom. The van der Waals surface area contributed by atoms with Crippen LogP contribution in [0.2, 0.25) is 0 Å². The molecule has 0 unspecified atom stereocenters. The number of carbonyl (C=O) groups excluding carboxylic acids is 2. The van der Waals surface area contributed by atoms with Crippen molar-refractivity contribution >= 4 is 12.2 Å². The predicted octanol–water partition coefficient (Wildman–Crippen LogP) is 3.75. The van der Waals surface area contributed by atoms with Gasteiger partial charge in [0, 0.05) is 31.6 Å². The van der Waals surface area contributed by atoms with E-state index in [0.29, 0.717) is 26.2 Å². The molecule has 23 heavy (non-hydrogen) atoms. The molecule has 0 aromatic rings. The molecule has 0 saturated heterocycles. The summed E-state index contributed by atoms with van der Waals surface area (Å²) in [5.41, 5.74) is -0.361. The first-order chi connectivity index (χ1) is 10.9. The maximum atomic E-state index is 12.0. The van der Waals surface area contributed by atoms with Crippen LogP contribution in [0.5, 0.6) is 0 Å². The third-order valence-corrected chi connectivity index (χ3v) is 3.99. The highest BCUT2D eigenvalue weighted by atomic mass is 16.6. The largest absolute Gasteiger partial charge is 0.449 e. The zero-order valence-corrected chi connectivity index (χ0v) is 15.7. The highest BCUT2D eigenvalue weighted by molar-refractivity contribution is 5.68. The molecular formula is C17H34N2O4. The van der Waals surface area contributed by atoms with Crippen molar-refractivity contribution in [1.29, 1.82) is 0 Å². The highest BCUT2D eigenvalue weighted by Gasteiger charge is 2.29. The molecule has 2 amide bonds. The number of nitrogens with zero attached hydrogens (tertiary/aromatic N) is 2. The number of hydrogen-bond acceptors (Lipinski definition) is 4. The molecule has 0 heterocycles. The van der Waals surface area contributed by atoms with Crippen molar-refractivity contribution in [1.82, 2.24) is 9.80 Å². The van der Waals surface area contributed by atoms with E-state index in [1.165, 1.54) is 0 Å². The van der Waals surface area contributed by atoms with Crippen LogP contribution < -0.4 is 0 Å². The van der Waals surface area contributed by atoms with E-state index in [9.17, 15) is 9.59 Å². The van der Waals surface area contributed by atoms with Gasteiger partial charge >= 0.3 is 12.2 Å². The summed E-state index contributed by atoms with van der Waals surface area (Å²) in [7, 11) is 0. The van der Waals surface area contributed by atoms with Crippen molar-refractivity contribution in [2.24, 2.45) is 5.41 Å². The lowest BCUT2D eigenvalue weighted by atomic mass is 9.87. The third kappa shape index (κ3) is 7.57. The Kier molecular flexibility index (Phi) is 10.4. The minimum atomic E-state index is -0.361. The van der Waals surface area contributed by atoms with E-state index in [0.717, 1.165) is 12.8 Å². The second-order valence-electron chi connectivity index (χ2n) is 6.01. The number of rotatable bonds is 10. The normalized spacial score (nSPS) is 11.0. The van der Waals surface area contributed by atoms with Crippen LogP contribution in [-0.2, 0) is 9.47 Å². The molecule has 0 aliphatic carbocycles. The summed E-state index contributed by atoms with van der Waals surface area (Å²) < 4.78 is 10.9. The summed E-state index contributed by atoms with van der Waals surface area (Å²) in [6.45, 7) is 14.7. The fraction of sp³-hybridized carbons (Fsp3) is 0.882. The molecule has 0 fully saturated rings. The molecule has 0 saturated carbocycles. The Morgan fingerprint density at radius 1 is 0.783 bits per heavy atom. The van der Waals surface area contributed by atoms with E-state index >= 15 is 0 Å². The van der Waals surface area contributed by atoms with Crippen LogP contribution in [0.1, 0.15) is 54.4 Å². The zero-order valence-electron chi connectivity index (χ0n) is 15.7. The van der Waals surface area contributed by atoms with Crippen molar-refractivity contribution in [3.8, 4) is 0 Å². The second kappa shape index (κ2) is 11.1. The minimum Gasteiger partial charge on any atom is -0.449 e.